The van der Waals surface area contributed by atoms with Crippen molar-refractivity contribution in [3.05, 3.63) is 24.3 Å². The van der Waals surface area contributed by atoms with Gasteiger partial charge in [-0.05, 0) is 44.5 Å². The van der Waals surface area contributed by atoms with Crippen LogP contribution in [0.4, 0.5) is 11.4 Å². The number of nitrogens with two attached hydrogens (primary N) is 1. The normalized spacial score (nSPS) is 16.6. The van der Waals surface area contributed by atoms with E-state index in [4.69, 9.17) is 5.73 Å². The number of carbonyl (C=O) groups is 1. The third-order valence-corrected chi connectivity index (χ3v) is 3.41. The molecular formula is C14H21N3O. The average molecular weight is 247 g/mol. The first kappa shape index (κ1) is 12.9. The molecule has 4 heteroatoms. The Morgan fingerprint density at radius 3 is 2.83 bits per heavy atom. The fourth-order valence-electron chi connectivity index (χ4n) is 2.27. The quantitative estimate of drug-likeness (QED) is 0.783. The summed E-state index contributed by atoms with van der Waals surface area (Å²) in [5.74, 6) is 0.0364. The van der Waals surface area contributed by atoms with Crippen LogP contribution >= 0.6 is 0 Å². The molecule has 1 amide bonds. The molecule has 1 fully saturated rings. The summed E-state index contributed by atoms with van der Waals surface area (Å²) in [4.78, 5) is 14.4. The molecule has 0 radical (unpaired) electrons. The highest BCUT2D eigenvalue weighted by atomic mass is 16.2. The molecule has 1 aliphatic rings. The van der Waals surface area contributed by atoms with Crippen LogP contribution in [0, 0.1) is 0 Å². The van der Waals surface area contributed by atoms with E-state index in [1.54, 1.807) is 6.07 Å². The molecule has 1 aliphatic carbocycles. The first-order chi connectivity index (χ1) is 8.61. The Balaban J connectivity index is 1.98. The van der Waals surface area contributed by atoms with Crippen LogP contribution in [0.15, 0.2) is 24.3 Å². The summed E-state index contributed by atoms with van der Waals surface area (Å²) in [7, 11) is 0. The largest absolute Gasteiger partial charge is 0.399 e. The number of benzene rings is 1. The highest BCUT2D eigenvalue weighted by Crippen LogP contribution is 2.28. The molecule has 3 N–H and O–H groups in total. The number of nitrogens with zero attached hydrogens (tertiary/aromatic N) is 1. The summed E-state index contributed by atoms with van der Waals surface area (Å²) in [6, 6.07) is 7.78. The molecule has 0 spiro atoms. The Hall–Kier alpha value is -1.55. The van der Waals surface area contributed by atoms with Gasteiger partial charge in [-0.2, -0.15) is 0 Å². The first-order valence-corrected chi connectivity index (χ1v) is 6.54. The minimum Gasteiger partial charge on any atom is -0.399 e. The number of rotatable bonds is 5. The molecule has 0 heterocycles. The molecule has 2 rings (SSSR count). The Morgan fingerprint density at radius 2 is 2.28 bits per heavy atom. The number of amides is 1. The van der Waals surface area contributed by atoms with Gasteiger partial charge in [0, 0.05) is 17.4 Å². The number of nitrogen functional groups attached to an aromatic ring is 1. The van der Waals surface area contributed by atoms with E-state index in [1.807, 2.05) is 25.1 Å². The lowest BCUT2D eigenvalue weighted by atomic mass is 10.2. The van der Waals surface area contributed by atoms with Gasteiger partial charge in [-0.15, -0.1) is 0 Å². The second kappa shape index (κ2) is 5.40. The van der Waals surface area contributed by atoms with E-state index in [-0.39, 0.29) is 11.9 Å². The van der Waals surface area contributed by atoms with Gasteiger partial charge in [0.05, 0.1) is 6.04 Å². The van der Waals surface area contributed by atoms with Gasteiger partial charge in [-0.3, -0.25) is 9.69 Å². The molecule has 0 bridgehead atoms. The molecule has 18 heavy (non-hydrogen) atoms. The van der Waals surface area contributed by atoms with Crippen LogP contribution in [-0.2, 0) is 4.79 Å². The first-order valence-electron chi connectivity index (χ1n) is 6.54. The van der Waals surface area contributed by atoms with Crippen molar-refractivity contribution in [2.45, 2.75) is 38.8 Å². The van der Waals surface area contributed by atoms with E-state index < -0.39 is 0 Å². The summed E-state index contributed by atoms with van der Waals surface area (Å²) < 4.78 is 0. The van der Waals surface area contributed by atoms with Crippen molar-refractivity contribution < 1.29 is 4.79 Å². The third-order valence-electron chi connectivity index (χ3n) is 3.41. The summed E-state index contributed by atoms with van der Waals surface area (Å²) in [5.41, 5.74) is 7.12. The predicted molar refractivity (Wildman–Crippen MR) is 74.3 cm³/mol. The Kier molecular flexibility index (Phi) is 3.87. The topological polar surface area (TPSA) is 58.4 Å². The van der Waals surface area contributed by atoms with Crippen molar-refractivity contribution in [2.75, 3.05) is 17.6 Å². The van der Waals surface area contributed by atoms with E-state index in [0.29, 0.717) is 11.7 Å². The second-order valence-electron chi connectivity index (χ2n) is 4.85. The SMILES string of the molecule is CCN(C1CC1)C(C)C(=O)Nc1cccc(N)c1. The van der Waals surface area contributed by atoms with Crippen LogP contribution in [-0.4, -0.2) is 29.4 Å². The Labute approximate surface area is 108 Å². The van der Waals surface area contributed by atoms with E-state index >= 15 is 0 Å². The Morgan fingerprint density at radius 1 is 1.56 bits per heavy atom. The van der Waals surface area contributed by atoms with E-state index in [2.05, 4.69) is 17.1 Å². The van der Waals surface area contributed by atoms with Crippen LogP contribution in [0.25, 0.3) is 0 Å². The molecule has 4 nitrogen and oxygen atoms in total. The average Bonchev–Trinajstić information content (AvgIpc) is 3.14. The number of nitrogens with one attached hydrogen (secondary N) is 1. The molecule has 1 atom stereocenters. The van der Waals surface area contributed by atoms with Gasteiger partial charge in [0.15, 0.2) is 0 Å². The van der Waals surface area contributed by atoms with E-state index in [0.717, 1.165) is 12.2 Å². The van der Waals surface area contributed by atoms with Gasteiger partial charge in [0.2, 0.25) is 5.91 Å². The molecule has 0 aliphatic heterocycles. The third kappa shape index (κ3) is 3.01. The van der Waals surface area contributed by atoms with Crippen LogP contribution in [0.5, 0.6) is 0 Å². The number of likely N-dealkylation sites (N-methyl/N-ethyl adjacent to an activating group) is 1. The molecule has 0 saturated heterocycles. The lowest BCUT2D eigenvalue weighted by molar-refractivity contribution is -0.120. The molecular weight excluding hydrogens is 226 g/mol. The predicted octanol–water partition coefficient (Wildman–Crippen LogP) is 2.08. The molecule has 1 aromatic rings. The van der Waals surface area contributed by atoms with Crippen LogP contribution in [0.2, 0.25) is 0 Å². The van der Waals surface area contributed by atoms with Gasteiger partial charge in [0.1, 0.15) is 0 Å². The van der Waals surface area contributed by atoms with E-state index in [1.165, 1.54) is 12.8 Å². The van der Waals surface area contributed by atoms with Crippen molar-refractivity contribution >= 4 is 17.3 Å². The number of hydrogen-bond acceptors (Lipinski definition) is 3. The van der Waals surface area contributed by atoms with Crippen molar-refractivity contribution in [3.63, 3.8) is 0 Å². The number of hydrogen-bond donors (Lipinski definition) is 2. The fraction of sp³-hybridized carbons (Fsp3) is 0.500. The smallest absolute Gasteiger partial charge is 0.241 e. The van der Waals surface area contributed by atoms with Crippen molar-refractivity contribution in [3.8, 4) is 0 Å². The highest BCUT2D eigenvalue weighted by molar-refractivity contribution is 5.94. The minimum absolute atomic E-state index is 0.0364. The lowest BCUT2D eigenvalue weighted by Gasteiger charge is -2.26. The van der Waals surface area contributed by atoms with Gasteiger partial charge < -0.3 is 11.1 Å². The number of anilines is 2. The highest BCUT2D eigenvalue weighted by Gasteiger charge is 2.33. The maximum atomic E-state index is 12.2. The van der Waals surface area contributed by atoms with Crippen LogP contribution in [0.1, 0.15) is 26.7 Å². The summed E-state index contributed by atoms with van der Waals surface area (Å²) in [6.45, 7) is 4.97. The molecule has 1 aromatic carbocycles. The summed E-state index contributed by atoms with van der Waals surface area (Å²) >= 11 is 0. The van der Waals surface area contributed by atoms with Gasteiger partial charge in [-0.25, -0.2) is 0 Å². The molecule has 1 unspecified atom stereocenters. The monoisotopic (exact) mass is 247 g/mol. The van der Waals surface area contributed by atoms with Crippen LogP contribution in [0.3, 0.4) is 0 Å². The zero-order valence-electron chi connectivity index (χ0n) is 11.0. The standard InChI is InChI=1S/C14H21N3O/c1-3-17(13-7-8-13)10(2)14(18)16-12-6-4-5-11(15)9-12/h4-6,9-10,13H,3,7-8,15H2,1-2H3,(H,16,18). The van der Waals surface area contributed by atoms with Crippen molar-refractivity contribution in [1.29, 1.82) is 0 Å². The zero-order valence-corrected chi connectivity index (χ0v) is 11.0. The van der Waals surface area contributed by atoms with Crippen LogP contribution < -0.4 is 11.1 Å². The number of carbonyl (C=O) groups excluding carboxylic acids is 1. The molecule has 1 saturated carbocycles. The maximum absolute atomic E-state index is 12.2. The van der Waals surface area contributed by atoms with Gasteiger partial charge in [0.25, 0.3) is 0 Å². The zero-order chi connectivity index (χ0) is 13.1. The summed E-state index contributed by atoms with van der Waals surface area (Å²) in [6.07, 6.45) is 2.42. The summed E-state index contributed by atoms with van der Waals surface area (Å²) in [5, 5.41) is 2.92. The molecule has 0 aromatic heterocycles. The van der Waals surface area contributed by atoms with Gasteiger partial charge in [-0.1, -0.05) is 13.0 Å². The van der Waals surface area contributed by atoms with E-state index in [9.17, 15) is 4.79 Å². The van der Waals surface area contributed by atoms with Crippen molar-refractivity contribution in [1.82, 2.24) is 4.90 Å². The molecule has 98 valence electrons. The lowest BCUT2D eigenvalue weighted by Crippen LogP contribution is -2.43. The van der Waals surface area contributed by atoms with Crippen molar-refractivity contribution in [2.24, 2.45) is 0 Å². The minimum atomic E-state index is -0.0936. The van der Waals surface area contributed by atoms with Gasteiger partial charge >= 0.3 is 0 Å². The second-order valence-corrected chi connectivity index (χ2v) is 4.85. The Bertz CT molecular complexity index is 429. The maximum Gasteiger partial charge on any atom is 0.241 e. The fourth-order valence-corrected chi connectivity index (χ4v) is 2.27.